The minimum absolute atomic E-state index is 0.870. The van der Waals surface area contributed by atoms with Crippen molar-refractivity contribution in [3.63, 3.8) is 0 Å². The van der Waals surface area contributed by atoms with Crippen molar-refractivity contribution in [3.8, 4) is 0 Å². The molecule has 1 rings (SSSR count). The van der Waals surface area contributed by atoms with Gasteiger partial charge in [-0.3, -0.25) is 0 Å². The number of aromatic nitrogens is 4. The van der Waals surface area contributed by atoms with Crippen LogP contribution >= 0.6 is 0 Å². The van der Waals surface area contributed by atoms with E-state index in [1.807, 2.05) is 0 Å². The van der Waals surface area contributed by atoms with E-state index in [0.29, 0.717) is 0 Å². The molecule has 5 heteroatoms. The summed E-state index contributed by atoms with van der Waals surface area (Å²) in [5.74, 6) is 0. The first-order valence-corrected chi connectivity index (χ1v) is 4.30. The van der Waals surface area contributed by atoms with Gasteiger partial charge in [-0.25, -0.2) is 4.68 Å². The molecule has 0 aliphatic carbocycles. The van der Waals surface area contributed by atoms with Crippen molar-refractivity contribution in [2.45, 2.75) is 20.4 Å². The third-order valence-corrected chi connectivity index (χ3v) is 1.93. The Morgan fingerprint density at radius 1 is 1.33 bits per heavy atom. The monoisotopic (exact) mass is 169 g/mol. The Morgan fingerprint density at radius 2 is 2.08 bits per heavy atom. The van der Waals surface area contributed by atoms with E-state index in [-0.39, 0.29) is 0 Å². The summed E-state index contributed by atoms with van der Waals surface area (Å²) in [6.07, 6.45) is 1.64. The van der Waals surface area contributed by atoms with Crippen molar-refractivity contribution in [1.82, 2.24) is 25.1 Å². The molecule has 0 aliphatic heterocycles. The maximum absolute atomic E-state index is 3.79. The van der Waals surface area contributed by atoms with Gasteiger partial charge in [-0.1, -0.05) is 13.8 Å². The van der Waals surface area contributed by atoms with Gasteiger partial charge in [-0.2, -0.15) is 0 Å². The lowest BCUT2D eigenvalue weighted by molar-refractivity contribution is 0.284. The molecule has 5 nitrogen and oxygen atoms in total. The first-order chi connectivity index (χ1) is 5.86. The summed E-state index contributed by atoms with van der Waals surface area (Å²) >= 11 is 0. The van der Waals surface area contributed by atoms with Crippen LogP contribution in [-0.2, 0) is 6.54 Å². The molecule has 1 aromatic rings. The average Bonchev–Trinajstić information content (AvgIpc) is 2.59. The van der Waals surface area contributed by atoms with Gasteiger partial charge in [0.05, 0.1) is 6.54 Å². The molecule has 1 heterocycles. The highest BCUT2D eigenvalue weighted by Gasteiger charge is 1.98. The van der Waals surface area contributed by atoms with Gasteiger partial charge < -0.3 is 4.90 Å². The maximum atomic E-state index is 3.79. The second-order valence-electron chi connectivity index (χ2n) is 2.60. The predicted octanol–water partition coefficient (Wildman–Crippen LogP) is 0.0149. The SMILES string of the molecule is CCN(CC)CCn1cnnn1. The summed E-state index contributed by atoms with van der Waals surface area (Å²) in [5, 5.41) is 10.9. The first-order valence-electron chi connectivity index (χ1n) is 4.30. The van der Waals surface area contributed by atoms with Gasteiger partial charge >= 0.3 is 0 Å². The summed E-state index contributed by atoms with van der Waals surface area (Å²) in [5.41, 5.74) is 0. The van der Waals surface area contributed by atoms with Crippen LogP contribution in [0.3, 0.4) is 0 Å². The minimum Gasteiger partial charge on any atom is -0.302 e. The summed E-state index contributed by atoms with van der Waals surface area (Å²) < 4.78 is 1.75. The van der Waals surface area contributed by atoms with E-state index in [2.05, 4.69) is 34.3 Å². The standard InChI is InChI=1S/C7H15N5/c1-3-11(4-2)5-6-12-7-8-9-10-12/h7H,3-6H2,1-2H3. The highest BCUT2D eigenvalue weighted by molar-refractivity contribution is 4.53. The zero-order chi connectivity index (χ0) is 8.81. The van der Waals surface area contributed by atoms with Crippen LogP contribution in [0.15, 0.2) is 6.33 Å². The number of tetrazole rings is 1. The molecule has 0 aromatic carbocycles. The van der Waals surface area contributed by atoms with Gasteiger partial charge in [-0.15, -0.1) is 5.10 Å². The van der Waals surface area contributed by atoms with Crippen molar-refractivity contribution in [2.24, 2.45) is 0 Å². The van der Waals surface area contributed by atoms with E-state index in [1.165, 1.54) is 0 Å². The van der Waals surface area contributed by atoms with Crippen molar-refractivity contribution in [2.75, 3.05) is 19.6 Å². The Balaban J connectivity index is 2.25. The zero-order valence-corrected chi connectivity index (χ0v) is 7.64. The molecule has 1 aromatic heterocycles. The fourth-order valence-corrected chi connectivity index (χ4v) is 1.07. The molecule has 0 fully saturated rings. The van der Waals surface area contributed by atoms with E-state index >= 15 is 0 Å². The number of nitrogens with zero attached hydrogens (tertiary/aromatic N) is 5. The lowest BCUT2D eigenvalue weighted by Crippen LogP contribution is -2.27. The van der Waals surface area contributed by atoms with Crippen LogP contribution in [0, 0.1) is 0 Å². The highest BCUT2D eigenvalue weighted by atomic mass is 15.5. The Kier molecular flexibility index (Phi) is 3.66. The zero-order valence-electron chi connectivity index (χ0n) is 7.64. The third kappa shape index (κ3) is 2.58. The van der Waals surface area contributed by atoms with Crippen LogP contribution in [0.5, 0.6) is 0 Å². The summed E-state index contributed by atoms with van der Waals surface area (Å²) in [7, 11) is 0. The predicted molar refractivity (Wildman–Crippen MR) is 45.6 cm³/mol. The van der Waals surface area contributed by atoms with E-state index in [9.17, 15) is 0 Å². The van der Waals surface area contributed by atoms with Crippen LogP contribution in [0.4, 0.5) is 0 Å². The van der Waals surface area contributed by atoms with Gasteiger partial charge in [0.1, 0.15) is 6.33 Å². The van der Waals surface area contributed by atoms with Crippen LogP contribution in [-0.4, -0.2) is 44.7 Å². The molecule has 0 saturated carbocycles. The average molecular weight is 169 g/mol. The molecule has 0 spiro atoms. The van der Waals surface area contributed by atoms with E-state index in [0.717, 1.165) is 26.2 Å². The van der Waals surface area contributed by atoms with Crippen molar-refractivity contribution in [3.05, 3.63) is 6.33 Å². The highest BCUT2D eigenvalue weighted by Crippen LogP contribution is 1.87. The molecule has 0 unspecified atom stereocenters. The summed E-state index contributed by atoms with van der Waals surface area (Å²) in [6, 6.07) is 0. The second kappa shape index (κ2) is 4.82. The van der Waals surface area contributed by atoms with Crippen LogP contribution in [0.1, 0.15) is 13.8 Å². The number of hydrogen-bond acceptors (Lipinski definition) is 4. The van der Waals surface area contributed by atoms with Gasteiger partial charge in [-0.05, 0) is 23.5 Å². The van der Waals surface area contributed by atoms with E-state index in [1.54, 1.807) is 11.0 Å². The quantitative estimate of drug-likeness (QED) is 0.623. The Hall–Kier alpha value is -0.970. The van der Waals surface area contributed by atoms with Crippen LogP contribution in [0.2, 0.25) is 0 Å². The second-order valence-corrected chi connectivity index (χ2v) is 2.60. The van der Waals surface area contributed by atoms with E-state index in [4.69, 9.17) is 0 Å². The van der Waals surface area contributed by atoms with Crippen molar-refractivity contribution >= 4 is 0 Å². The van der Waals surface area contributed by atoms with Crippen molar-refractivity contribution < 1.29 is 0 Å². The topological polar surface area (TPSA) is 46.8 Å². The Bertz CT molecular complexity index is 192. The van der Waals surface area contributed by atoms with Crippen LogP contribution in [0.25, 0.3) is 0 Å². The number of rotatable bonds is 5. The maximum Gasteiger partial charge on any atom is 0.138 e. The first kappa shape index (κ1) is 9.12. The molecule has 0 bridgehead atoms. The minimum atomic E-state index is 0.870. The fourth-order valence-electron chi connectivity index (χ4n) is 1.07. The van der Waals surface area contributed by atoms with E-state index < -0.39 is 0 Å². The van der Waals surface area contributed by atoms with Gasteiger partial charge in [0.25, 0.3) is 0 Å². The number of hydrogen-bond donors (Lipinski definition) is 0. The molecular weight excluding hydrogens is 154 g/mol. The normalized spacial score (nSPS) is 10.9. The molecular formula is C7H15N5. The molecule has 68 valence electrons. The molecule has 0 aliphatic rings. The molecule has 0 N–H and O–H groups in total. The number of likely N-dealkylation sites (N-methyl/N-ethyl adjacent to an activating group) is 1. The fraction of sp³-hybridized carbons (Fsp3) is 0.857. The molecule has 0 amide bonds. The molecule has 0 saturated heterocycles. The smallest absolute Gasteiger partial charge is 0.138 e. The van der Waals surface area contributed by atoms with Crippen LogP contribution < -0.4 is 0 Å². The molecule has 12 heavy (non-hydrogen) atoms. The van der Waals surface area contributed by atoms with Crippen molar-refractivity contribution in [1.29, 1.82) is 0 Å². The lowest BCUT2D eigenvalue weighted by atomic mass is 10.5. The Morgan fingerprint density at radius 3 is 2.58 bits per heavy atom. The molecule has 0 radical (unpaired) electrons. The Labute approximate surface area is 72.4 Å². The van der Waals surface area contributed by atoms with Gasteiger partial charge in [0.2, 0.25) is 0 Å². The summed E-state index contributed by atoms with van der Waals surface area (Å²) in [6.45, 7) is 8.36. The van der Waals surface area contributed by atoms with Gasteiger partial charge in [0, 0.05) is 6.54 Å². The third-order valence-electron chi connectivity index (χ3n) is 1.93. The molecule has 0 atom stereocenters. The lowest BCUT2D eigenvalue weighted by Gasteiger charge is -2.16. The summed E-state index contributed by atoms with van der Waals surface area (Å²) in [4.78, 5) is 2.34. The van der Waals surface area contributed by atoms with Gasteiger partial charge in [0.15, 0.2) is 0 Å². The largest absolute Gasteiger partial charge is 0.302 e.